The lowest BCUT2D eigenvalue weighted by molar-refractivity contribution is -0.176. The smallest absolute Gasteiger partial charge is 0.306 e. The molecule has 0 radical (unpaired) electrons. The number of ether oxygens (including phenoxy) is 3. The Labute approximate surface area is 204 Å². The van der Waals surface area contributed by atoms with E-state index in [0.717, 1.165) is 32.1 Å². The van der Waals surface area contributed by atoms with Crippen LogP contribution < -0.4 is 0 Å². The lowest BCUT2D eigenvalue weighted by Gasteiger charge is -2.49. The van der Waals surface area contributed by atoms with Gasteiger partial charge in [0.1, 0.15) is 11.2 Å². The second kappa shape index (κ2) is 10.0. The first-order valence-electron chi connectivity index (χ1n) is 13.5. The summed E-state index contributed by atoms with van der Waals surface area (Å²) in [6, 6.07) is 0. The van der Waals surface area contributed by atoms with Crippen molar-refractivity contribution in [1.29, 1.82) is 0 Å². The van der Waals surface area contributed by atoms with E-state index in [9.17, 15) is 14.7 Å². The minimum Gasteiger partial charge on any atom is -0.459 e. The predicted octanol–water partition coefficient (Wildman–Crippen LogP) is 4.76. The number of aliphatic hydroxyl groups excluding tert-OH is 1. The molecule has 1 aliphatic carbocycles. The Bertz CT molecular complexity index is 794. The molecular weight excluding hydrogens is 432 g/mol. The average molecular weight is 477 g/mol. The molecule has 2 bridgehead atoms. The molecule has 0 aromatic heterocycles. The highest BCUT2D eigenvalue weighted by atomic mass is 16.6. The van der Waals surface area contributed by atoms with Gasteiger partial charge in [0.25, 0.3) is 0 Å². The Morgan fingerprint density at radius 1 is 1.21 bits per heavy atom. The van der Waals surface area contributed by atoms with Gasteiger partial charge in [-0.05, 0) is 56.9 Å². The molecule has 3 saturated heterocycles. The summed E-state index contributed by atoms with van der Waals surface area (Å²) in [5, 5.41) is 10.7. The van der Waals surface area contributed by atoms with Crippen molar-refractivity contribution in [2.45, 2.75) is 121 Å². The van der Waals surface area contributed by atoms with Gasteiger partial charge in [0.15, 0.2) is 5.78 Å². The Hall–Kier alpha value is -1.24. The fourth-order valence-corrected chi connectivity index (χ4v) is 7.21. The van der Waals surface area contributed by atoms with Gasteiger partial charge < -0.3 is 19.3 Å². The van der Waals surface area contributed by atoms with Crippen molar-refractivity contribution in [1.82, 2.24) is 0 Å². The zero-order valence-electron chi connectivity index (χ0n) is 21.5. The lowest BCUT2D eigenvalue weighted by atomic mass is 9.58. The number of aliphatic hydroxyl groups is 1. The maximum absolute atomic E-state index is 13.4. The molecule has 0 amide bonds. The summed E-state index contributed by atoms with van der Waals surface area (Å²) < 4.78 is 19.3. The molecule has 1 saturated carbocycles. The number of esters is 1. The van der Waals surface area contributed by atoms with Crippen LogP contribution in [0.4, 0.5) is 0 Å². The van der Waals surface area contributed by atoms with E-state index in [4.69, 9.17) is 14.2 Å². The van der Waals surface area contributed by atoms with Crippen molar-refractivity contribution in [2.75, 3.05) is 6.61 Å². The number of rotatable bonds is 7. The standard InChI is InChI=1S/C28H44O6/c1-6-7-8-9-10-11-23(31)34-27(4)13-12-19-18(3)16-32-28(5)22(30)15-20(29)17(2)14-21-25(27)24(19)26(28)33-21/h18-21,24-26,29H,2,6-16H2,1,3-5H3/t18-,19-,20+,21-,24-,25-,26+,27-,28-/m0/s1. The number of hydrogen-bond acceptors (Lipinski definition) is 6. The van der Waals surface area contributed by atoms with Crippen LogP contribution in [0.15, 0.2) is 12.2 Å². The van der Waals surface area contributed by atoms with Crippen LogP contribution in [0.5, 0.6) is 0 Å². The SMILES string of the molecule is C=C1C[C@@H]2O[C@@H]3[C@H]4[C@@H](CC[C@](C)(OC(=O)CCCCCCC)[C@H]42)[C@@H](C)CO[C@@]3(C)C(=O)C[C@H]1O. The summed E-state index contributed by atoms with van der Waals surface area (Å²) in [6.07, 6.45) is 6.46. The lowest BCUT2D eigenvalue weighted by Crippen LogP contribution is -2.56. The maximum atomic E-state index is 13.4. The van der Waals surface area contributed by atoms with E-state index in [0.29, 0.717) is 30.9 Å². The van der Waals surface area contributed by atoms with E-state index in [1.807, 2.05) is 6.92 Å². The van der Waals surface area contributed by atoms with E-state index in [2.05, 4.69) is 27.4 Å². The second-order valence-electron chi connectivity index (χ2n) is 11.8. The third kappa shape index (κ3) is 4.62. The predicted molar refractivity (Wildman–Crippen MR) is 129 cm³/mol. The quantitative estimate of drug-likeness (QED) is 0.324. The van der Waals surface area contributed by atoms with Crippen molar-refractivity contribution in [3.05, 3.63) is 12.2 Å². The molecule has 4 rings (SSSR count). The monoisotopic (exact) mass is 476 g/mol. The van der Waals surface area contributed by atoms with Crippen LogP contribution in [0.2, 0.25) is 0 Å². The first kappa shape index (κ1) is 25.8. The van der Waals surface area contributed by atoms with Crippen LogP contribution in [0.25, 0.3) is 0 Å². The van der Waals surface area contributed by atoms with Crippen LogP contribution in [-0.2, 0) is 23.8 Å². The molecule has 0 aromatic rings. The first-order valence-corrected chi connectivity index (χ1v) is 13.5. The molecule has 1 N–H and O–H groups in total. The molecular formula is C28H44O6. The summed E-state index contributed by atoms with van der Waals surface area (Å²) >= 11 is 0. The Balaban J connectivity index is 1.62. The van der Waals surface area contributed by atoms with E-state index in [1.54, 1.807) is 0 Å². The number of Topliss-reactive ketones (excluding diaryl/α,β-unsaturated/α-hetero) is 1. The van der Waals surface area contributed by atoms with Gasteiger partial charge in [0.05, 0.1) is 24.9 Å². The van der Waals surface area contributed by atoms with Gasteiger partial charge in [0.2, 0.25) is 0 Å². The Morgan fingerprint density at radius 3 is 2.68 bits per heavy atom. The fraction of sp³-hybridized carbons (Fsp3) is 0.857. The van der Waals surface area contributed by atoms with Gasteiger partial charge in [0, 0.05) is 24.7 Å². The molecule has 4 fully saturated rings. The topological polar surface area (TPSA) is 82.1 Å². The molecule has 4 aliphatic rings. The van der Waals surface area contributed by atoms with Crippen molar-refractivity contribution in [3.8, 4) is 0 Å². The highest BCUT2D eigenvalue weighted by molar-refractivity contribution is 5.88. The molecule has 9 atom stereocenters. The fourth-order valence-electron chi connectivity index (χ4n) is 7.21. The summed E-state index contributed by atoms with van der Waals surface area (Å²) in [5.41, 5.74) is -1.17. The van der Waals surface area contributed by atoms with E-state index >= 15 is 0 Å². The number of unbranched alkanes of at least 4 members (excludes halogenated alkanes) is 4. The van der Waals surface area contributed by atoms with Gasteiger partial charge in [-0.3, -0.25) is 9.59 Å². The Kier molecular flexibility index (Phi) is 7.62. The maximum Gasteiger partial charge on any atom is 0.306 e. The third-order valence-corrected chi connectivity index (χ3v) is 9.28. The molecule has 6 nitrogen and oxygen atoms in total. The normalized spacial score (nSPS) is 44.1. The molecule has 3 heterocycles. The van der Waals surface area contributed by atoms with E-state index < -0.39 is 23.4 Å². The van der Waals surface area contributed by atoms with Crippen molar-refractivity contribution >= 4 is 11.8 Å². The van der Waals surface area contributed by atoms with Gasteiger partial charge in [-0.1, -0.05) is 46.1 Å². The van der Waals surface area contributed by atoms with Crippen LogP contribution in [-0.4, -0.2) is 53.0 Å². The van der Waals surface area contributed by atoms with Crippen LogP contribution in [0.3, 0.4) is 0 Å². The second-order valence-corrected chi connectivity index (χ2v) is 11.8. The van der Waals surface area contributed by atoms with E-state index in [-0.39, 0.29) is 42.0 Å². The summed E-state index contributed by atoms with van der Waals surface area (Å²) in [7, 11) is 0. The molecule has 0 aromatic carbocycles. The van der Waals surface area contributed by atoms with Gasteiger partial charge in [-0.2, -0.15) is 0 Å². The molecule has 0 unspecified atom stereocenters. The van der Waals surface area contributed by atoms with E-state index in [1.165, 1.54) is 12.8 Å². The number of fused-ring (bicyclic) bond motifs is 2. The van der Waals surface area contributed by atoms with Crippen LogP contribution in [0, 0.1) is 23.7 Å². The highest BCUT2D eigenvalue weighted by Gasteiger charge is 2.66. The van der Waals surface area contributed by atoms with Gasteiger partial charge >= 0.3 is 5.97 Å². The number of carbonyl (C=O) groups excluding carboxylic acids is 2. The summed E-state index contributed by atoms with van der Waals surface area (Å²) in [6.45, 7) is 12.9. The van der Waals surface area contributed by atoms with Crippen molar-refractivity contribution in [3.63, 3.8) is 0 Å². The zero-order chi connectivity index (χ0) is 24.7. The van der Waals surface area contributed by atoms with Crippen molar-refractivity contribution in [2.24, 2.45) is 23.7 Å². The number of hydrogen-bond donors (Lipinski definition) is 1. The molecule has 3 aliphatic heterocycles. The number of ketones is 1. The average Bonchev–Trinajstić information content (AvgIpc) is 3.14. The Morgan fingerprint density at radius 2 is 1.94 bits per heavy atom. The zero-order valence-corrected chi connectivity index (χ0v) is 21.5. The number of carbonyl (C=O) groups is 2. The van der Waals surface area contributed by atoms with Crippen LogP contribution >= 0.6 is 0 Å². The summed E-state index contributed by atoms with van der Waals surface area (Å²) in [5.74, 6) is 0.362. The van der Waals surface area contributed by atoms with Gasteiger partial charge in [-0.25, -0.2) is 0 Å². The molecule has 34 heavy (non-hydrogen) atoms. The molecule has 0 spiro atoms. The largest absolute Gasteiger partial charge is 0.459 e. The molecule has 6 heteroatoms. The third-order valence-electron chi connectivity index (χ3n) is 9.28. The van der Waals surface area contributed by atoms with Crippen molar-refractivity contribution < 1.29 is 28.9 Å². The highest BCUT2D eigenvalue weighted by Crippen LogP contribution is 2.59. The minimum absolute atomic E-state index is 0.00261. The minimum atomic E-state index is -1.12. The first-order chi connectivity index (χ1) is 16.1. The summed E-state index contributed by atoms with van der Waals surface area (Å²) in [4.78, 5) is 26.4. The van der Waals surface area contributed by atoms with Crippen LogP contribution in [0.1, 0.15) is 91.9 Å². The molecule has 192 valence electrons. The van der Waals surface area contributed by atoms with Gasteiger partial charge in [-0.15, -0.1) is 0 Å².